The Bertz CT molecular complexity index is 1190. The van der Waals surface area contributed by atoms with E-state index in [-0.39, 0.29) is 19.2 Å². The van der Waals surface area contributed by atoms with E-state index in [0.717, 1.165) is 21.4 Å². The van der Waals surface area contributed by atoms with E-state index in [4.69, 9.17) is 9.47 Å². The summed E-state index contributed by atoms with van der Waals surface area (Å²) in [5, 5.41) is 6.39. The quantitative estimate of drug-likeness (QED) is 0.510. The fraction of sp³-hybridized carbons (Fsp3) is 0.261. The molecule has 1 aromatic heterocycles. The fourth-order valence-electron chi connectivity index (χ4n) is 3.98. The molecule has 3 aromatic rings. The summed E-state index contributed by atoms with van der Waals surface area (Å²) >= 11 is 0. The van der Waals surface area contributed by atoms with Crippen LogP contribution in [0.25, 0.3) is 10.9 Å². The number of ether oxygens (including phenoxy) is 2. The van der Waals surface area contributed by atoms with Gasteiger partial charge in [-0.05, 0) is 23.8 Å². The van der Waals surface area contributed by atoms with Crippen LogP contribution in [0.5, 0.6) is 11.5 Å². The van der Waals surface area contributed by atoms with E-state index in [1.165, 1.54) is 0 Å². The second kappa shape index (κ2) is 8.26. The van der Waals surface area contributed by atoms with Crippen molar-refractivity contribution in [2.24, 2.45) is 0 Å². The summed E-state index contributed by atoms with van der Waals surface area (Å²) in [5.41, 5.74) is 1.90. The number of hydrogen-bond acceptors (Lipinski definition) is 5. The maximum atomic E-state index is 12.8. The highest BCUT2D eigenvalue weighted by Gasteiger charge is 2.39. The maximum absolute atomic E-state index is 12.8. The summed E-state index contributed by atoms with van der Waals surface area (Å²) in [6.07, 6.45) is 1.83. The summed E-state index contributed by atoms with van der Waals surface area (Å²) in [6, 6.07) is 13.8. The van der Waals surface area contributed by atoms with Crippen LogP contribution in [0.3, 0.4) is 0 Å². The van der Waals surface area contributed by atoms with Crippen molar-refractivity contribution in [1.82, 2.24) is 20.5 Å². The van der Waals surface area contributed by atoms with Crippen LogP contribution in [0.2, 0.25) is 0 Å². The number of imide groups is 1. The number of nitrogens with one attached hydrogen (secondary N) is 3. The molecule has 0 bridgehead atoms. The first kappa shape index (κ1) is 19.9. The van der Waals surface area contributed by atoms with Gasteiger partial charge >= 0.3 is 6.03 Å². The molecule has 2 aromatic carbocycles. The summed E-state index contributed by atoms with van der Waals surface area (Å²) in [7, 11) is 0. The molecule has 9 nitrogen and oxygen atoms in total. The van der Waals surface area contributed by atoms with Crippen LogP contribution < -0.4 is 20.1 Å². The molecule has 4 amide bonds. The summed E-state index contributed by atoms with van der Waals surface area (Å²) in [6.45, 7) is 0.155. The Morgan fingerprint density at radius 3 is 2.75 bits per heavy atom. The van der Waals surface area contributed by atoms with E-state index < -0.39 is 23.9 Å². The topological polar surface area (TPSA) is 113 Å². The monoisotopic (exact) mass is 434 g/mol. The molecule has 32 heavy (non-hydrogen) atoms. The average molecular weight is 434 g/mol. The molecule has 0 aliphatic carbocycles. The summed E-state index contributed by atoms with van der Waals surface area (Å²) < 4.78 is 11.4. The number of para-hydroxylation sites is 3. The minimum absolute atomic E-state index is 0.204. The number of amides is 4. The van der Waals surface area contributed by atoms with E-state index in [1.807, 2.05) is 48.7 Å². The number of fused-ring (bicyclic) bond motifs is 2. The number of benzene rings is 2. The third-order valence-corrected chi connectivity index (χ3v) is 5.60. The molecule has 1 fully saturated rings. The van der Waals surface area contributed by atoms with Gasteiger partial charge in [0, 0.05) is 23.5 Å². The molecule has 9 heteroatoms. The minimum Gasteiger partial charge on any atom is -0.486 e. The molecule has 0 radical (unpaired) electrons. The minimum atomic E-state index is -0.707. The molecule has 3 N–H and O–H groups in total. The number of nitrogens with zero attached hydrogens (tertiary/aromatic N) is 1. The number of rotatable bonds is 6. The Morgan fingerprint density at radius 1 is 1.09 bits per heavy atom. The van der Waals surface area contributed by atoms with Gasteiger partial charge < -0.3 is 25.1 Å². The van der Waals surface area contributed by atoms with Crippen molar-refractivity contribution < 1.29 is 23.9 Å². The normalized spacial score (nSPS) is 19.8. The average Bonchev–Trinajstić information content (AvgIpc) is 3.34. The second-order valence-corrected chi connectivity index (χ2v) is 7.79. The molecule has 3 heterocycles. The van der Waals surface area contributed by atoms with Crippen LogP contribution in [-0.2, 0) is 16.0 Å². The Hall–Kier alpha value is -4.01. The molecular formula is C23H22N4O5. The number of H-pyrrole nitrogens is 1. The molecule has 2 aliphatic rings. The predicted molar refractivity (Wildman–Crippen MR) is 115 cm³/mol. The molecular weight excluding hydrogens is 412 g/mol. The third-order valence-electron chi connectivity index (χ3n) is 5.60. The summed E-state index contributed by atoms with van der Waals surface area (Å²) in [4.78, 5) is 41.6. The molecule has 2 aliphatic heterocycles. The van der Waals surface area contributed by atoms with Gasteiger partial charge in [-0.1, -0.05) is 30.3 Å². The van der Waals surface area contributed by atoms with E-state index in [1.54, 1.807) is 6.07 Å². The SMILES string of the molecule is O=C(CN1C(=O)N[C@@H](Cc2c[nH]c3ccccc23)C1=O)NC[C@H]1COc2ccccc2O1. The lowest BCUT2D eigenvalue weighted by Crippen LogP contribution is -2.45. The Morgan fingerprint density at radius 2 is 1.88 bits per heavy atom. The molecule has 5 rings (SSSR count). The van der Waals surface area contributed by atoms with Crippen LogP contribution >= 0.6 is 0 Å². The lowest BCUT2D eigenvalue weighted by atomic mass is 10.1. The second-order valence-electron chi connectivity index (χ2n) is 7.79. The number of carbonyl (C=O) groups is 3. The summed E-state index contributed by atoms with van der Waals surface area (Å²) in [5.74, 6) is 0.424. The Balaban J connectivity index is 1.15. The highest BCUT2D eigenvalue weighted by Crippen LogP contribution is 2.30. The van der Waals surface area contributed by atoms with Crippen molar-refractivity contribution in [2.45, 2.75) is 18.6 Å². The van der Waals surface area contributed by atoms with Gasteiger partial charge in [-0.15, -0.1) is 0 Å². The lowest BCUT2D eigenvalue weighted by molar-refractivity contribution is -0.132. The fourth-order valence-corrected chi connectivity index (χ4v) is 3.98. The van der Waals surface area contributed by atoms with Crippen LogP contribution in [-0.4, -0.2) is 59.6 Å². The smallest absolute Gasteiger partial charge is 0.325 e. The zero-order valence-corrected chi connectivity index (χ0v) is 17.2. The first-order chi connectivity index (χ1) is 15.6. The third kappa shape index (κ3) is 3.84. The van der Waals surface area contributed by atoms with Crippen molar-refractivity contribution in [1.29, 1.82) is 0 Å². The van der Waals surface area contributed by atoms with Crippen LogP contribution in [0.4, 0.5) is 4.79 Å². The van der Waals surface area contributed by atoms with Gasteiger partial charge in [0.1, 0.15) is 25.3 Å². The standard InChI is InChI=1S/C23H22N4O5/c28-21(25-11-15-13-31-19-7-3-4-8-20(19)32-15)12-27-22(29)18(26-23(27)30)9-14-10-24-17-6-2-1-5-16(14)17/h1-8,10,15,18,24H,9,11-13H2,(H,25,28)(H,26,30)/t15-,18-/m0/s1. The highest BCUT2D eigenvalue weighted by atomic mass is 16.6. The number of aromatic amines is 1. The number of urea groups is 1. The van der Waals surface area contributed by atoms with Crippen LogP contribution in [0.1, 0.15) is 5.56 Å². The maximum Gasteiger partial charge on any atom is 0.325 e. The largest absolute Gasteiger partial charge is 0.486 e. The lowest BCUT2D eigenvalue weighted by Gasteiger charge is -2.26. The number of aromatic nitrogens is 1. The van der Waals surface area contributed by atoms with Crippen LogP contribution in [0, 0.1) is 0 Å². The van der Waals surface area contributed by atoms with Gasteiger partial charge in [-0.2, -0.15) is 0 Å². The zero-order chi connectivity index (χ0) is 22.1. The van der Waals surface area contributed by atoms with Gasteiger partial charge in [0.15, 0.2) is 11.5 Å². The highest BCUT2D eigenvalue weighted by molar-refractivity contribution is 6.06. The van der Waals surface area contributed by atoms with E-state index >= 15 is 0 Å². The van der Waals surface area contributed by atoms with Gasteiger partial charge in [0.05, 0.1) is 6.54 Å². The van der Waals surface area contributed by atoms with Crippen LogP contribution in [0.15, 0.2) is 54.7 Å². The molecule has 0 unspecified atom stereocenters. The van der Waals surface area contributed by atoms with Crippen molar-refractivity contribution in [3.05, 3.63) is 60.3 Å². The molecule has 1 saturated heterocycles. The van der Waals surface area contributed by atoms with Crippen molar-refractivity contribution in [3.63, 3.8) is 0 Å². The molecule has 0 spiro atoms. The first-order valence-electron chi connectivity index (χ1n) is 10.4. The molecule has 164 valence electrons. The number of carbonyl (C=O) groups excluding carboxylic acids is 3. The van der Waals surface area contributed by atoms with Gasteiger partial charge in [0.25, 0.3) is 5.91 Å². The first-order valence-corrected chi connectivity index (χ1v) is 10.4. The van der Waals surface area contributed by atoms with Gasteiger partial charge in [0.2, 0.25) is 5.91 Å². The molecule has 2 atom stereocenters. The van der Waals surface area contributed by atoms with Crippen molar-refractivity contribution in [2.75, 3.05) is 19.7 Å². The van der Waals surface area contributed by atoms with Gasteiger partial charge in [-0.25, -0.2) is 4.79 Å². The number of hydrogen-bond donors (Lipinski definition) is 3. The predicted octanol–water partition coefficient (Wildman–Crippen LogP) is 1.59. The van der Waals surface area contributed by atoms with Gasteiger partial charge in [-0.3, -0.25) is 14.5 Å². The van der Waals surface area contributed by atoms with E-state index in [2.05, 4.69) is 15.6 Å². The van der Waals surface area contributed by atoms with E-state index in [0.29, 0.717) is 24.5 Å². The van der Waals surface area contributed by atoms with Crippen molar-refractivity contribution in [3.8, 4) is 11.5 Å². The molecule has 0 saturated carbocycles. The zero-order valence-electron chi connectivity index (χ0n) is 17.2. The van der Waals surface area contributed by atoms with E-state index in [9.17, 15) is 14.4 Å². The Kier molecular flexibility index (Phi) is 5.14. The van der Waals surface area contributed by atoms with Crippen molar-refractivity contribution >= 4 is 28.7 Å². The Labute approximate surface area is 183 Å².